The average molecular weight is 462 g/mol. The van der Waals surface area contributed by atoms with Gasteiger partial charge in [0.2, 0.25) is 5.91 Å². The second-order valence-corrected chi connectivity index (χ2v) is 6.23. The number of amides is 1. The zero-order chi connectivity index (χ0) is 18.0. The number of ether oxygens (including phenoxy) is 1. The predicted octanol–water partition coefficient (Wildman–Crippen LogP) is 2.35. The van der Waals surface area contributed by atoms with Crippen LogP contribution in [-0.2, 0) is 4.79 Å². The third-order valence-electron chi connectivity index (χ3n) is 3.65. The minimum absolute atomic E-state index is 0. The molecule has 1 aromatic carbocycles. The smallest absolute Gasteiger partial charge is 0.227 e. The van der Waals surface area contributed by atoms with Crippen LogP contribution in [-0.4, -0.2) is 57.1 Å². The maximum Gasteiger partial charge on any atom is 0.227 e. The number of nitrogens with zero attached hydrogens (tertiary/aromatic N) is 2. The Bertz CT molecular complexity index is 535. The summed E-state index contributed by atoms with van der Waals surface area (Å²) in [5, 5.41) is 6.11. The van der Waals surface area contributed by atoms with E-state index >= 15 is 0 Å². The van der Waals surface area contributed by atoms with Crippen LogP contribution in [0, 0.1) is 5.41 Å². The summed E-state index contributed by atoms with van der Waals surface area (Å²) >= 11 is 0. The molecule has 0 fully saturated rings. The number of rotatable bonds is 8. The first-order chi connectivity index (χ1) is 11.4. The molecule has 0 atom stereocenters. The highest BCUT2D eigenvalue weighted by atomic mass is 127. The Kier molecular flexibility index (Phi) is 11.2. The molecule has 0 aliphatic rings. The van der Waals surface area contributed by atoms with Gasteiger partial charge in [0.15, 0.2) is 5.96 Å². The van der Waals surface area contributed by atoms with Gasteiger partial charge in [-0.3, -0.25) is 9.79 Å². The topological polar surface area (TPSA) is 66.0 Å². The fraction of sp³-hybridized carbons (Fsp3) is 0.556. The van der Waals surface area contributed by atoms with Crippen molar-refractivity contribution in [3.05, 3.63) is 30.3 Å². The minimum Gasteiger partial charge on any atom is -0.492 e. The summed E-state index contributed by atoms with van der Waals surface area (Å²) in [6.07, 6.45) is 0. The Morgan fingerprint density at radius 1 is 1.24 bits per heavy atom. The summed E-state index contributed by atoms with van der Waals surface area (Å²) in [7, 11) is 3.68. The van der Waals surface area contributed by atoms with Gasteiger partial charge in [-0.05, 0) is 32.9 Å². The molecule has 25 heavy (non-hydrogen) atoms. The van der Waals surface area contributed by atoms with Crippen molar-refractivity contribution >= 4 is 35.8 Å². The molecule has 142 valence electrons. The summed E-state index contributed by atoms with van der Waals surface area (Å²) in [6.45, 7) is 8.13. The van der Waals surface area contributed by atoms with Gasteiger partial charge in [0.05, 0.1) is 12.0 Å². The molecule has 1 amide bonds. The van der Waals surface area contributed by atoms with E-state index in [1.54, 1.807) is 7.05 Å². The third kappa shape index (κ3) is 8.42. The number of carbonyl (C=O) groups is 1. The molecule has 2 N–H and O–H groups in total. The van der Waals surface area contributed by atoms with Gasteiger partial charge in [-0.2, -0.15) is 0 Å². The molecule has 0 saturated heterocycles. The highest BCUT2D eigenvalue weighted by Gasteiger charge is 2.27. The number of carbonyl (C=O) groups excluding carboxylic acids is 1. The molecule has 0 spiro atoms. The van der Waals surface area contributed by atoms with E-state index in [9.17, 15) is 4.79 Å². The minimum atomic E-state index is -0.507. The lowest BCUT2D eigenvalue weighted by Crippen LogP contribution is -2.48. The fourth-order valence-electron chi connectivity index (χ4n) is 2.09. The van der Waals surface area contributed by atoms with Crippen LogP contribution in [0.2, 0.25) is 0 Å². The molecule has 0 aliphatic carbocycles. The number of guanidine groups is 1. The zero-order valence-electron chi connectivity index (χ0n) is 15.8. The van der Waals surface area contributed by atoms with Crippen molar-refractivity contribution in [3.8, 4) is 5.75 Å². The van der Waals surface area contributed by atoms with Crippen molar-refractivity contribution in [2.24, 2.45) is 10.4 Å². The van der Waals surface area contributed by atoms with Gasteiger partial charge >= 0.3 is 0 Å². The molecule has 0 bridgehead atoms. The fourth-order valence-corrected chi connectivity index (χ4v) is 2.09. The second kappa shape index (κ2) is 11.9. The number of likely N-dealkylation sites (N-methyl/N-ethyl adjacent to an activating group) is 1. The number of benzene rings is 1. The number of hydrogen-bond donors (Lipinski definition) is 2. The van der Waals surface area contributed by atoms with E-state index in [0.717, 1.165) is 11.7 Å². The Hall–Kier alpha value is -1.51. The van der Waals surface area contributed by atoms with Crippen molar-refractivity contribution in [1.82, 2.24) is 15.5 Å². The molecule has 0 aromatic heterocycles. The molecule has 0 unspecified atom stereocenters. The standard InChI is InChI=1S/C18H30N4O2.HI/c1-6-20-16(23)18(2,3)14-21-17(19-4)22(5)12-13-24-15-10-8-7-9-11-15;/h7-11H,6,12-14H2,1-5H3,(H,19,21)(H,20,23);1H. The van der Waals surface area contributed by atoms with Crippen molar-refractivity contribution < 1.29 is 9.53 Å². The van der Waals surface area contributed by atoms with Crippen molar-refractivity contribution in [2.45, 2.75) is 20.8 Å². The maximum absolute atomic E-state index is 12.0. The highest BCUT2D eigenvalue weighted by Crippen LogP contribution is 2.13. The lowest BCUT2D eigenvalue weighted by Gasteiger charge is -2.28. The normalized spacial score (nSPS) is 11.3. The molecule has 0 radical (unpaired) electrons. The summed E-state index contributed by atoms with van der Waals surface area (Å²) in [5.41, 5.74) is -0.507. The van der Waals surface area contributed by atoms with Crippen LogP contribution in [0.15, 0.2) is 35.3 Å². The van der Waals surface area contributed by atoms with Crippen LogP contribution >= 0.6 is 24.0 Å². The molecule has 0 saturated carbocycles. The van der Waals surface area contributed by atoms with Gasteiger partial charge in [-0.1, -0.05) is 18.2 Å². The molecule has 1 rings (SSSR count). The maximum atomic E-state index is 12.0. The van der Waals surface area contributed by atoms with Crippen LogP contribution in [0.1, 0.15) is 20.8 Å². The number of hydrogen-bond acceptors (Lipinski definition) is 3. The van der Waals surface area contributed by atoms with E-state index in [1.165, 1.54) is 0 Å². The van der Waals surface area contributed by atoms with Gasteiger partial charge < -0.3 is 20.3 Å². The van der Waals surface area contributed by atoms with Gasteiger partial charge in [0.25, 0.3) is 0 Å². The first-order valence-electron chi connectivity index (χ1n) is 8.28. The van der Waals surface area contributed by atoms with E-state index in [1.807, 2.05) is 63.1 Å². The monoisotopic (exact) mass is 462 g/mol. The summed E-state index contributed by atoms with van der Waals surface area (Å²) in [5.74, 6) is 1.62. The Labute approximate surface area is 168 Å². The Balaban J connectivity index is 0.00000576. The van der Waals surface area contributed by atoms with E-state index in [4.69, 9.17) is 4.74 Å². The summed E-state index contributed by atoms with van der Waals surface area (Å²) in [4.78, 5) is 18.3. The first kappa shape index (κ1) is 23.5. The van der Waals surface area contributed by atoms with Gasteiger partial charge in [-0.15, -0.1) is 24.0 Å². The Morgan fingerprint density at radius 2 is 1.88 bits per heavy atom. The quantitative estimate of drug-likeness (QED) is 0.354. The van der Waals surface area contributed by atoms with Gasteiger partial charge in [-0.25, -0.2) is 0 Å². The lowest BCUT2D eigenvalue weighted by atomic mass is 9.92. The molecule has 0 aliphatic heterocycles. The molecular formula is C18H31IN4O2. The third-order valence-corrected chi connectivity index (χ3v) is 3.65. The van der Waals surface area contributed by atoms with Crippen LogP contribution in [0.25, 0.3) is 0 Å². The van der Waals surface area contributed by atoms with E-state index in [0.29, 0.717) is 26.2 Å². The first-order valence-corrected chi connectivity index (χ1v) is 8.28. The number of para-hydroxylation sites is 1. The molecule has 0 heterocycles. The van der Waals surface area contributed by atoms with Crippen molar-refractivity contribution in [1.29, 1.82) is 0 Å². The SMILES string of the molecule is CCNC(=O)C(C)(C)CNC(=NC)N(C)CCOc1ccccc1.I. The van der Waals surface area contributed by atoms with Crippen LogP contribution < -0.4 is 15.4 Å². The van der Waals surface area contributed by atoms with Crippen LogP contribution in [0.3, 0.4) is 0 Å². The number of aliphatic imine (C=N–C) groups is 1. The van der Waals surface area contributed by atoms with Gasteiger partial charge in [0, 0.05) is 27.2 Å². The molecule has 6 nitrogen and oxygen atoms in total. The molecule has 1 aromatic rings. The van der Waals surface area contributed by atoms with Gasteiger partial charge in [0.1, 0.15) is 12.4 Å². The van der Waals surface area contributed by atoms with Crippen molar-refractivity contribution in [2.75, 3.05) is 40.3 Å². The average Bonchev–Trinajstić information content (AvgIpc) is 2.56. The van der Waals surface area contributed by atoms with Crippen LogP contribution in [0.5, 0.6) is 5.75 Å². The van der Waals surface area contributed by atoms with Crippen LogP contribution in [0.4, 0.5) is 0 Å². The van der Waals surface area contributed by atoms with Crippen molar-refractivity contribution in [3.63, 3.8) is 0 Å². The lowest BCUT2D eigenvalue weighted by molar-refractivity contribution is -0.128. The van der Waals surface area contributed by atoms with E-state index < -0.39 is 5.41 Å². The predicted molar refractivity (Wildman–Crippen MR) is 114 cm³/mol. The largest absolute Gasteiger partial charge is 0.492 e. The van der Waals surface area contributed by atoms with E-state index in [-0.39, 0.29) is 29.9 Å². The number of halogens is 1. The molecule has 7 heteroatoms. The Morgan fingerprint density at radius 3 is 2.44 bits per heavy atom. The van der Waals surface area contributed by atoms with E-state index in [2.05, 4.69) is 15.6 Å². The highest BCUT2D eigenvalue weighted by molar-refractivity contribution is 14.0. The summed E-state index contributed by atoms with van der Waals surface area (Å²) in [6, 6.07) is 9.72. The molecular weight excluding hydrogens is 431 g/mol. The number of nitrogens with one attached hydrogen (secondary N) is 2. The summed E-state index contributed by atoms with van der Waals surface area (Å²) < 4.78 is 5.70. The zero-order valence-corrected chi connectivity index (χ0v) is 18.2. The second-order valence-electron chi connectivity index (χ2n) is 6.23.